The zero-order valence-electron chi connectivity index (χ0n) is 12.3. The molecule has 3 N–H and O–H groups in total. The number of nitrogens with zero attached hydrogens (tertiary/aromatic N) is 2. The molecule has 120 valence electrons. The summed E-state index contributed by atoms with van der Waals surface area (Å²) in [5.74, 6) is -2.58. The average Bonchev–Trinajstić information content (AvgIpc) is 2.36. The molecule has 9 nitrogen and oxygen atoms in total. The maximum absolute atomic E-state index is 11.8. The zero-order valence-corrected chi connectivity index (χ0v) is 12.3. The monoisotopic (exact) mass is 303 g/mol. The number of carboxylic acid groups (broad SMARTS) is 2. The molecular weight excluding hydrogens is 282 g/mol. The van der Waals surface area contributed by atoms with Gasteiger partial charge in [0.05, 0.1) is 0 Å². The van der Waals surface area contributed by atoms with Gasteiger partial charge in [0, 0.05) is 27.6 Å². The van der Waals surface area contributed by atoms with E-state index in [0.29, 0.717) is 0 Å². The smallest absolute Gasteiger partial charge is 0.326 e. The van der Waals surface area contributed by atoms with Gasteiger partial charge in [0.1, 0.15) is 12.6 Å². The van der Waals surface area contributed by atoms with Gasteiger partial charge in [0.15, 0.2) is 0 Å². The van der Waals surface area contributed by atoms with E-state index in [2.05, 4.69) is 5.32 Å². The second-order valence-electron chi connectivity index (χ2n) is 4.77. The number of hydrogen-bond donors (Lipinski definition) is 3. The van der Waals surface area contributed by atoms with Crippen LogP contribution in [0.4, 0.5) is 4.79 Å². The quantitative estimate of drug-likeness (QED) is 0.550. The molecule has 0 aliphatic heterocycles. The number of nitrogens with one attached hydrogen (secondary N) is 1. The van der Waals surface area contributed by atoms with Crippen LogP contribution < -0.4 is 5.32 Å². The Morgan fingerprint density at radius 3 is 2.10 bits per heavy atom. The Balaban J connectivity index is 4.43. The first-order valence-electron chi connectivity index (χ1n) is 6.31. The molecule has 21 heavy (non-hydrogen) atoms. The van der Waals surface area contributed by atoms with E-state index in [1.807, 2.05) is 0 Å². The highest BCUT2D eigenvalue weighted by atomic mass is 16.4. The van der Waals surface area contributed by atoms with Crippen LogP contribution in [-0.4, -0.2) is 77.6 Å². The summed E-state index contributed by atoms with van der Waals surface area (Å²) >= 11 is 0. The number of carbonyl (C=O) groups is 4. The first-order chi connectivity index (χ1) is 9.65. The highest BCUT2D eigenvalue weighted by molar-refractivity contribution is 5.86. The minimum absolute atomic E-state index is 0.00282. The number of urea groups is 1. The summed E-state index contributed by atoms with van der Waals surface area (Å²) < 4.78 is 0. The van der Waals surface area contributed by atoms with Crippen LogP contribution in [0.25, 0.3) is 0 Å². The van der Waals surface area contributed by atoms with E-state index in [1.165, 1.54) is 11.9 Å². The Hall–Kier alpha value is -2.32. The molecule has 0 aromatic rings. The lowest BCUT2D eigenvalue weighted by Crippen LogP contribution is -2.49. The number of carboxylic acids is 2. The number of carbonyl (C=O) groups excluding carboxylic acids is 2. The Morgan fingerprint density at radius 1 is 1.10 bits per heavy atom. The summed E-state index contributed by atoms with van der Waals surface area (Å²) in [5, 5.41) is 19.7. The van der Waals surface area contributed by atoms with E-state index in [-0.39, 0.29) is 31.7 Å². The minimum Gasteiger partial charge on any atom is -0.481 e. The van der Waals surface area contributed by atoms with Crippen molar-refractivity contribution in [2.45, 2.75) is 25.3 Å². The molecule has 0 fully saturated rings. The van der Waals surface area contributed by atoms with Crippen LogP contribution in [0.2, 0.25) is 0 Å². The van der Waals surface area contributed by atoms with Crippen LogP contribution in [0, 0.1) is 0 Å². The number of hydrogen-bond acceptors (Lipinski definition) is 4. The van der Waals surface area contributed by atoms with Crippen molar-refractivity contribution >= 4 is 23.9 Å². The molecule has 0 heterocycles. The predicted octanol–water partition coefficient (Wildman–Crippen LogP) is -0.576. The number of likely N-dealkylation sites (N-methyl/N-ethyl adjacent to an activating group) is 2. The van der Waals surface area contributed by atoms with Gasteiger partial charge in [-0.3, -0.25) is 9.59 Å². The van der Waals surface area contributed by atoms with Crippen LogP contribution in [0.15, 0.2) is 0 Å². The van der Waals surface area contributed by atoms with E-state index in [1.54, 1.807) is 14.1 Å². The lowest BCUT2D eigenvalue weighted by Gasteiger charge is -2.22. The summed E-state index contributed by atoms with van der Waals surface area (Å²) in [7, 11) is 4.45. The van der Waals surface area contributed by atoms with Crippen molar-refractivity contribution in [1.82, 2.24) is 15.1 Å². The van der Waals surface area contributed by atoms with E-state index in [0.717, 1.165) is 4.90 Å². The first kappa shape index (κ1) is 18.7. The third-order valence-corrected chi connectivity index (χ3v) is 2.70. The summed E-state index contributed by atoms with van der Waals surface area (Å²) in [6.45, 7) is -0.180. The van der Waals surface area contributed by atoms with Crippen LogP contribution in [-0.2, 0) is 14.4 Å². The third-order valence-electron chi connectivity index (χ3n) is 2.70. The molecule has 0 aliphatic carbocycles. The highest BCUT2D eigenvalue weighted by Crippen LogP contribution is 2.02. The first-order valence-corrected chi connectivity index (χ1v) is 6.31. The molecule has 1 atom stereocenters. The Kier molecular flexibility index (Phi) is 7.80. The molecule has 0 unspecified atom stereocenters. The van der Waals surface area contributed by atoms with Gasteiger partial charge in [0.2, 0.25) is 5.91 Å². The second-order valence-corrected chi connectivity index (χ2v) is 4.77. The summed E-state index contributed by atoms with van der Waals surface area (Å²) in [4.78, 5) is 47.0. The molecule has 0 aromatic heterocycles. The summed E-state index contributed by atoms with van der Waals surface area (Å²) in [6.07, 6.45) is -0.0373. The number of aliphatic carboxylic acids is 2. The Morgan fingerprint density at radius 2 is 1.67 bits per heavy atom. The van der Waals surface area contributed by atoms with Crippen molar-refractivity contribution in [3.05, 3.63) is 0 Å². The van der Waals surface area contributed by atoms with Gasteiger partial charge in [0.25, 0.3) is 0 Å². The van der Waals surface area contributed by atoms with Crippen LogP contribution in [0.5, 0.6) is 0 Å². The number of rotatable bonds is 8. The van der Waals surface area contributed by atoms with Crippen molar-refractivity contribution in [3.8, 4) is 0 Å². The van der Waals surface area contributed by atoms with Crippen LogP contribution >= 0.6 is 0 Å². The fourth-order valence-corrected chi connectivity index (χ4v) is 1.39. The highest BCUT2D eigenvalue weighted by Gasteiger charge is 2.22. The summed E-state index contributed by atoms with van der Waals surface area (Å²) in [6, 6.07) is -1.89. The molecular formula is C12H21N3O6. The van der Waals surface area contributed by atoms with Gasteiger partial charge < -0.3 is 25.3 Å². The molecule has 9 heteroatoms. The van der Waals surface area contributed by atoms with Gasteiger partial charge in [-0.25, -0.2) is 9.59 Å². The number of amides is 3. The fourth-order valence-electron chi connectivity index (χ4n) is 1.39. The Bertz CT molecular complexity index is 410. The lowest BCUT2D eigenvalue weighted by atomic mass is 10.1. The van der Waals surface area contributed by atoms with Crippen molar-refractivity contribution in [2.75, 3.05) is 27.7 Å². The topological polar surface area (TPSA) is 127 Å². The summed E-state index contributed by atoms with van der Waals surface area (Å²) in [5.41, 5.74) is 0. The van der Waals surface area contributed by atoms with Gasteiger partial charge in [-0.2, -0.15) is 0 Å². The molecule has 0 bridgehead atoms. The average molecular weight is 303 g/mol. The molecule has 0 radical (unpaired) electrons. The van der Waals surface area contributed by atoms with Gasteiger partial charge >= 0.3 is 18.0 Å². The van der Waals surface area contributed by atoms with E-state index < -0.39 is 24.0 Å². The van der Waals surface area contributed by atoms with Gasteiger partial charge in [-0.15, -0.1) is 0 Å². The molecule has 3 amide bonds. The third kappa shape index (κ3) is 7.75. The van der Waals surface area contributed by atoms with Gasteiger partial charge in [-0.1, -0.05) is 0 Å². The molecule has 0 saturated carbocycles. The van der Waals surface area contributed by atoms with Crippen molar-refractivity contribution in [1.29, 1.82) is 0 Å². The van der Waals surface area contributed by atoms with Crippen LogP contribution in [0.3, 0.4) is 0 Å². The molecule has 0 aliphatic rings. The van der Waals surface area contributed by atoms with Crippen LogP contribution in [0.1, 0.15) is 19.3 Å². The van der Waals surface area contributed by atoms with Crippen molar-refractivity contribution in [2.24, 2.45) is 0 Å². The van der Waals surface area contributed by atoms with E-state index in [4.69, 9.17) is 10.2 Å². The SMILES string of the molecule is CN(C)C(=O)CN(C)C(=O)N[C@H](CCCC(=O)O)C(=O)O. The van der Waals surface area contributed by atoms with E-state index in [9.17, 15) is 19.2 Å². The van der Waals surface area contributed by atoms with Gasteiger partial charge in [-0.05, 0) is 12.8 Å². The minimum atomic E-state index is -1.25. The maximum atomic E-state index is 11.8. The molecule has 0 saturated heterocycles. The molecule has 0 spiro atoms. The zero-order chi connectivity index (χ0) is 16.6. The van der Waals surface area contributed by atoms with Crippen molar-refractivity contribution in [3.63, 3.8) is 0 Å². The maximum Gasteiger partial charge on any atom is 0.326 e. The van der Waals surface area contributed by atoms with E-state index >= 15 is 0 Å². The molecule has 0 rings (SSSR count). The lowest BCUT2D eigenvalue weighted by molar-refractivity contribution is -0.140. The Labute approximate surface area is 122 Å². The molecule has 0 aromatic carbocycles. The predicted molar refractivity (Wildman–Crippen MR) is 72.8 cm³/mol. The largest absolute Gasteiger partial charge is 0.481 e. The van der Waals surface area contributed by atoms with Crippen molar-refractivity contribution < 1.29 is 29.4 Å². The fraction of sp³-hybridized carbons (Fsp3) is 0.667. The standard InChI is InChI=1S/C12H21N3O6/c1-14(2)9(16)7-15(3)12(21)13-8(11(19)20)5-4-6-10(17)18/h8H,4-7H2,1-3H3,(H,13,21)(H,17,18)(H,19,20)/t8-/m1/s1. The second kappa shape index (κ2) is 8.77. The normalized spacial score (nSPS) is 11.4.